The van der Waals surface area contributed by atoms with Crippen LogP contribution in [0.15, 0.2) is 76.6 Å². The molecule has 196 valence electrons. The largest absolute Gasteiger partial charge is 0.493 e. The van der Waals surface area contributed by atoms with E-state index in [1.165, 1.54) is 11.8 Å². The number of hydrogen-bond donors (Lipinski definition) is 0. The predicted octanol–water partition coefficient (Wildman–Crippen LogP) is 6.73. The molecule has 0 unspecified atom stereocenters. The molecular formula is C29H27ClN2O5S. The Labute approximate surface area is 231 Å². The maximum atomic E-state index is 13.1. The third kappa shape index (κ3) is 6.38. The zero-order valence-electron chi connectivity index (χ0n) is 21.3. The molecule has 1 saturated heterocycles. The van der Waals surface area contributed by atoms with Crippen molar-refractivity contribution in [1.82, 2.24) is 4.90 Å². The number of ether oxygens (including phenoxy) is 3. The number of thioether (sulfide) groups is 1. The zero-order valence-corrected chi connectivity index (χ0v) is 22.8. The number of halogens is 1. The quantitative estimate of drug-likeness (QED) is 0.217. The number of benzene rings is 3. The van der Waals surface area contributed by atoms with Crippen LogP contribution in [-0.4, -0.2) is 42.2 Å². The maximum Gasteiger partial charge on any atom is 0.338 e. The van der Waals surface area contributed by atoms with Crippen molar-refractivity contribution < 1.29 is 23.8 Å². The molecule has 38 heavy (non-hydrogen) atoms. The van der Waals surface area contributed by atoms with E-state index in [0.29, 0.717) is 57.6 Å². The summed E-state index contributed by atoms with van der Waals surface area (Å²) in [5.74, 6) is 0.555. The van der Waals surface area contributed by atoms with Gasteiger partial charge in [-0.25, -0.2) is 9.79 Å². The Kier molecular flexibility index (Phi) is 9.10. The Morgan fingerprint density at radius 2 is 1.87 bits per heavy atom. The van der Waals surface area contributed by atoms with Gasteiger partial charge in [-0.3, -0.25) is 9.69 Å². The second kappa shape index (κ2) is 12.7. The molecule has 3 aromatic carbocycles. The molecule has 3 aromatic rings. The van der Waals surface area contributed by atoms with Gasteiger partial charge < -0.3 is 14.2 Å². The summed E-state index contributed by atoms with van der Waals surface area (Å²) >= 11 is 7.51. The highest BCUT2D eigenvalue weighted by Crippen LogP contribution is 2.36. The molecule has 0 atom stereocenters. The monoisotopic (exact) mass is 550 g/mol. The third-order valence-corrected chi connectivity index (χ3v) is 6.99. The lowest BCUT2D eigenvalue weighted by molar-refractivity contribution is -0.122. The third-order valence-electron chi connectivity index (χ3n) is 5.61. The highest BCUT2D eigenvalue weighted by atomic mass is 35.5. The van der Waals surface area contributed by atoms with Gasteiger partial charge >= 0.3 is 5.97 Å². The second-order valence-corrected chi connectivity index (χ2v) is 9.53. The van der Waals surface area contributed by atoms with Crippen molar-refractivity contribution >= 4 is 52.2 Å². The van der Waals surface area contributed by atoms with Crippen molar-refractivity contribution in [2.24, 2.45) is 4.99 Å². The summed E-state index contributed by atoms with van der Waals surface area (Å²) in [6.07, 6.45) is 1.80. The van der Waals surface area contributed by atoms with Gasteiger partial charge in [0.05, 0.1) is 29.9 Å². The molecule has 4 rings (SSSR count). The number of hydrogen-bond acceptors (Lipinski definition) is 7. The highest BCUT2D eigenvalue weighted by molar-refractivity contribution is 8.18. The van der Waals surface area contributed by atoms with Crippen LogP contribution in [0.3, 0.4) is 0 Å². The van der Waals surface area contributed by atoms with E-state index in [9.17, 15) is 9.59 Å². The lowest BCUT2D eigenvalue weighted by atomic mass is 10.1. The average molecular weight is 551 g/mol. The standard InChI is InChI=1S/C29H27ClN2O5S/c1-4-32-27(33)26(38-29(32)31-22-11-8-10-20(17-22)28(34)36-5-2)16-19-13-14-24(25(15-19)35-3)37-18-21-9-6-7-12-23(21)30/h6-17H,4-5,18H2,1-3H3. The Hall–Kier alpha value is -3.75. The number of likely N-dealkylation sites (N-methyl/N-ethyl adjacent to an activating group) is 1. The van der Waals surface area contributed by atoms with Gasteiger partial charge in [-0.15, -0.1) is 0 Å². The fourth-order valence-electron chi connectivity index (χ4n) is 3.71. The van der Waals surface area contributed by atoms with E-state index in [1.807, 2.05) is 43.3 Å². The fraction of sp³-hybridized carbons (Fsp3) is 0.207. The molecule has 0 N–H and O–H groups in total. The first kappa shape index (κ1) is 27.3. The van der Waals surface area contributed by atoms with Crippen LogP contribution in [0.1, 0.15) is 35.3 Å². The number of nitrogens with zero attached hydrogens (tertiary/aromatic N) is 2. The average Bonchev–Trinajstić information content (AvgIpc) is 3.21. The summed E-state index contributed by atoms with van der Waals surface area (Å²) in [6.45, 7) is 4.69. The van der Waals surface area contributed by atoms with Crippen molar-refractivity contribution in [3.63, 3.8) is 0 Å². The Morgan fingerprint density at radius 1 is 1.05 bits per heavy atom. The lowest BCUT2D eigenvalue weighted by Crippen LogP contribution is -2.28. The molecular weight excluding hydrogens is 524 g/mol. The number of amidine groups is 1. The SMILES string of the molecule is CCOC(=O)c1cccc(N=C2SC(=Cc3ccc(OCc4ccccc4Cl)c(OC)c3)C(=O)N2CC)c1. The van der Waals surface area contributed by atoms with E-state index in [4.69, 9.17) is 25.8 Å². The molecule has 0 aromatic heterocycles. The van der Waals surface area contributed by atoms with Crippen molar-refractivity contribution in [3.8, 4) is 11.5 Å². The molecule has 0 bridgehead atoms. The molecule has 0 spiro atoms. The summed E-state index contributed by atoms with van der Waals surface area (Å²) in [4.78, 5) is 32.0. The first-order valence-corrected chi connectivity index (χ1v) is 13.2. The van der Waals surface area contributed by atoms with Crippen molar-refractivity contribution in [3.05, 3.63) is 93.3 Å². The minimum absolute atomic E-state index is 0.143. The lowest BCUT2D eigenvalue weighted by Gasteiger charge is -2.12. The van der Waals surface area contributed by atoms with Gasteiger partial charge in [0.25, 0.3) is 5.91 Å². The highest BCUT2D eigenvalue weighted by Gasteiger charge is 2.32. The number of methoxy groups -OCH3 is 1. The molecule has 1 aliphatic heterocycles. The van der Waals surface area contributed by atoms with Gasteiger partial charge in [0.1, 0.15) is 6.61 Å². The number of esters is 1. The number of carbonyl (C=O) groups is 2. The van der Waals surface area contributed by atoms with E-state index in [1.54, 1.807) is 55.3 Å². The van der Waals surface area contributed by atoms with Crippen LogP contribution in [0, 0.1) is 0 Å². The van der Waals surface area contributed by atoms with Crippen LogP contribution in [-0.2, 0) is 16.1 Å². The van der Waals surface area contributed by atoms with Crippen molar-refractivity contribution in [1.29, 1.82) is 0 Å². The normalized spacial score (nSPS) is 15.3. The molecule has 9 heteroatoms. The summed E-state index contributed by atoms with van der Waals surface area (Å²) < 4.78 is 16.5. The van der Waals surface area contributed by atoms with Crippen molar-refractivity contribution in [2.45, 2.75) is 20.5 Å². The topological polar surface area (TPSA) is 77.4 Å². The Bertz CT molecular complexity index is 1410. The molecule has 1 aliphatic rings. The summed E-state index contributed by atoms with van der Waals surface area (Å²) in [5.41, 5.74) is 2.62. The molecule has 7 nitrogen and oxygen atoms in total. The molecule has 1 amide bonds. The van der Waals surface area contributed by atoms with Crippen LogP contribution < -0.4 is 9.47 Å². The Balaban J connectivity index is 1.55. The summed E-state index contributed by atoms with van der Waals surface area (Å²) in [7, 11) is 1.57. The minimum atomic E-state index is -0.411. The van der Waals surface area contributed by atoms with Gasteiger partial charge in [-0.1, -0.05) is 41.9 Å². The van der Waals surface area contributed by atoms with Gasteiger partial charge in [0.15, 0.2) is 16.7 Å². The van der Waals surface area contributed by atoms with E-state index in [-0.39, 0.29) is 5.91 Å². The molecule has 0 radical (unpaired) electrons. The second-order valence-electron chi connectivity index (χ2n) is 8.12. The van der Waals surface area contributed by atoms with E-state index >= 15 is 0 Å². The zero-order chi connectivity index (χ0) is 27.1. The van der Waals surface area contributed by atoms with Crippen molar-refractivity contribution in [2.75, 3.05) is 20.3 Å². The van der Waals surface area contributed by atoms with Crippen LogP contribution >= 0.6 is 23.4 Å². The molecule has 0 aliphatic carbocycles. The maximum absolute atomic E-state index is 13.1. The van der Waals surface area contributed by atoms with Gasteiger partial charge in [-0.05, 0) is 73.6 Å². The van der Waals surface area contributed by atoms with Crippen LogP contribution in [0.2, 0.25) is 5.02 Å². The fourth-order valence-corrected chi connectivity index (χ4v) is 4.97. The smallest absolute Gasteiger partial charge is 0.338 e. The first-order chi connectivity index (χ1) is 18.4. The minimum Gasteiger partial charge on any atom is -0.493 e. The molecule has 0 saturated carbocycles. The van der Waals surface area contributed by atoms with Gasteiger partial charge in [0, 0.05) is 17.1 Å². The van der Waals surface area contributed by atoms with Gasteiger partial charge in [-0.2, -0.15) is 0 Å². The summed E-state index contributed by atoms with van der Waals surface area (Å²) in [5, 5.41) is 1.17. The van der Waals surface area contributed by atoms with Gasteiger partial charge in [0.2, 0.25) is 0 Å². The van der Waals surface area contributed by atoms with E-state index in [2.05, 4.69) is 4.99 Å². The Morgan fingerprint density at radius 3 is 2.61 bits per heavy atom. The van der Waals surface area contributed by atoms with E-state index in [0.717, 1.165) is 11.1 Å². The summed E-state index contributed by atoms with van der Waals surface area (Å²) in [6, 6.07) is 19.8. The van der Waals surface area contributed by atoms with Crippen LogP contribution in [0.4, 0.5) is 5.69 Å². The number of amides is 1. The number of aliphatic imine (C=N–C) groups is 1. The van der Waals surface area contributed by atoms with Crippen LogP contribution in [0.5, 0.6) is 11.5 Å². The van der Waals surface area contributed by atoms with Crippen LogP contribution in [0.25, 0.3) is 6.08 Å². The first-order valence-electron chi connectivity index (χ1n) is 12.0. The molecule has 1 fully saturated rings. The number of carbonyl (C=O) groups excluding carboxylic acids is 2. The number of rotatable bonds is 9. The predicted molar refractivity (Wildman–Crippen MR) is 151 cm³/mol. The van der Waals surface area contributed by atoms with E-state index < -0.39 is 5.97 Å². The molecule has 1 heterocycles.